The first-order chi connectivity index (χ1) is 23.4. The first kappa shape index (κ1) is 37.0. The largest absolute Gasteiger partial charge is 0.478 e. The van der Waals surface area contributed by atoms with E-state index in [1.807, 2.05) is 67.6 Å². The molecule has 0 spiro atoms. The van der Waals surface area contributed by atoms with Gasteiger partial charge in [0.1, 0.15) is 5.75 Å². The number of halogens is 1. The van der Waals surface area contributed by atoms with E-state index in [9.17, 15) is 9.59 Å². The Morgan fingerprint density at radius 1 is 0.812 bits per heavy atom. The van der Waals surface area contributed by atoms with E-state index < -0.39 is 6.10 Å². The van der Waals surface area contributed by atoms with Crippen LogP contribution in [0, 0.1) is 6.92 Å². The minimum Gasteiger partial charge on any atom is -0.478 e. The van der Waals surface area contributed by atoms with Crippen molar-refractivity contribution in [1.82, 2.24) is 9.88 Å². The highest BCUT2D eigenvalue weighted by Crippen LogP contribution is 2.29. The average Bonchev–Trinajstić information content (AvgIpc) is 3.43. The minimum absolute atomic E-state index is 0.0303. The van der Waals surface area contributed by atoms with Gasteiger partial charge in [-0.2, -0.15) is 0 Å². The van der Waals surface area contributed by atoms with Crippen molar-refractivity contribution in [1.29, 1.82) is 0 Å². The van der Waals surface area contributed by atoms with Crippen molar-refractivity contribution in [3.63, 3.8) is 0 Å². The van der Waals surface area contributed by atoms with Crippen LogP contribution in [0.25, 0.3) is 11.3 Å². The van der Waals surface area contributed by atoms with Gasteiger partial charge in [0.05, 0.1) is 12.2 Å². The first-order valence-corrected chi connectivity index (χ1v) is 18.4. The highest BCUT2D eigenvalue weighted by molar-refractivity contribution is 9.10. The molecule has 0 aliphatic carbocycles. The standard InChI is InChI=1S/C41H51BrN2O4/c1-4-6-7-8-9-10-11-15-27-43-40(45)37-30-38(44(31(37)3)28-26-32-18-22-35(42)23-19-32)34-20-24-36(25-21-34)48-39(41(46)47-5-2)29-33-16-13-12-14-17-33/h12-14,16-25,30,39H,4-11,15,26-29H2,1-3H3,(H,43,45)/t39-/m1/s1. The Morgan fingerprint density at radius 2 is 1.48 bits per heavy atom. The number of aryl methyl sites for hydroxylation is 1. The van der Waals surface area contributed by atoms with Crippen LogP contribution < -0.4 is 10.1 Å². The summed E-state index contributed by atoms with van der Waals surface area (Å²) in [5, 5.41) is 3.17. The van der Waals surface area contributed by atoms with Crippen LogP contribution in [0.2, 0.25) is 0 Å². The third kappa shape index (κ3) is 11.4. The van der Waals surface area contributed by atoms with E-state index in [1.165, 1.54) is 44.1 Å². The van der Waals surface area contributed by atoms with Crippen molar-refractivity contribution in [3.05, 3.63) is 112 Å². The van der Waals surface area contributed by atoms with Gasteiger partial charge in [0.2, 0.25) is 0 Å². The summed E-state index contributed by atoms with van der Waals surface area (Å²) in [6.45, 7) is 7.77. The molecule has 1 N–H and O–H groups in total. The summed E-state index contributed by atoms with van der Waals surface area (Å²) in [5.74, 6) is 0.170. The molecular weight excluding hydrogens is 664 g/mol. The van der Waals surface area contributed by atoms with Crippen LogP contribution in [0.5, 0.6) is 5.75 Å². The molecule has 0 fully saturated rings. The highest BCUT2D eigenvalue weighted by Gasteiger charge is 2.23. The maximum absolute atomic E-state index is 13.4. The molecule has 3 aromatic carbocycles. The van der Waals surface area contributed by atoms with Crippen LogP contribution in [0.3, 0.4) is 0 Å². The minimum atomic E-state index is -0.758. The summed E-state index contributed by atoms with van der Waals surface area (Å²) in [6.07, 6.45) is 10.3. The topological polar surface area (TPSA) is 69.6 Å². The molecule has 1 amide bonds. The normalized spacial score (nSPS) is 11.7. The van der Waals surface area contributed by atoms with Gasteiger partial charge in [-0.05, 0) is 85.8 Å². The summed E-state index contributed by atoms with van der Waals surface area (Å²) in [5.41, 5.74) is 5.82. The molecule has 7 heteroatoms. The second kappa shape index (κ2) is 19.9. The molecule has 4 rings (SSSR count). The van der Waals surface area contributed by atoms with Gasteiger partial charge in [-0.25, -0.2) is 4.79 Å². The molecular formula is C41H51BrN2O4. The number of nitrogens with zero attached hydrogens (tertiary/aromatic N) is 1. The Morgan fingerprint density at radius 3 is 2.15 bits per heavy atom. The van der Waals surface area contributed by atoms with Crippen molar-refractivity contribution in [3.8, 4) is 17.0 Å². The molecule has 0 radical (unpaired) electrons. The number of aromatic nitrogens is 1. The summed E-state index contributed by atoms with van der Waals surface area (Å²) in [7, 11) is 0. The monoisotopic (exact) mass is 714 g/mol. The predicted octanol–water partition coefficient (Wildman–Crippen LogP) is 9.89. The van der Waals surface area contributed by atoms with E-state index in [1.54, 1.807) is 6.92 Å². The van der Waals surface area contributed by atoms with Gasteiger partial charge in [0.15, 0.2) is 6.10 Å². The fourth-order valence-corrected chi connectivity index (χ4v) is 6.22. The van der Waals surface area contributed by atoms with Gasteiger partial charge in [-0.3, -0.25) is 4.79 Å². The number of carbonyl (C=O) groups is 2. The zero-order valence-corrected chi connectivity index (χ0v) is 30.4. The van der Waals surface area contributed by atoms with E-state index in [0.29, 0.717) is 24.3 Å². The maximum Gasteiger partial charge on any atom is 0.347 e. The maximum atomic E-state index is 13.4. The van der Waals surface area contributed by atoms with Crippen LogP contribution in [0.4, 0.5) is 0 Å². The van der Waals surface area contributed by atoms with E-state index in [2.05, 4.69) is 57.0 Å². The number of ether oxygens (including phenoxy) is 2. The summed E-state index contributed by atoms with van der Waals surface area (Å²) in [6, 6.07) is 27.9. The molecule has 6 nitrogen and oxygen atoms in total. The number of rotatable bonds is 20. The molecule has 1 atom stereocenters. The lowest BCUT2D eigenvalue weighted by molar-refractivity contribution is -0.151. The van der Waals surface area contributed by atoms with Gasteiger partial charge in [-0.1, -0.05) is 110 Å². The Kier molecular flexibility index (Phi) is 15.3. The van der Waals surface area contributed by atoms with Gasteiger partial charge in [0, 0.05) is 35.4 Å². The molecule has 0 unspecified atom stereocenters. The molecule has 0 saturated carbocycles. The van der Waals surface area contributed by atoms with Gasteiger partial charge in [-0.15, -0.1) is 0 Å². The molecule has 48 heavy (non-hydrogen) atoms. The van der Waals surface area contributed by atoms with Crippen molar-refractivity contribution >= 4 is 27.8 Å². The van der Waals surface area contributed by atoms with Gasteiger partial charge < -0.3 is 19.4 Å². The molecule has 1 heterocycles. The Balaban J connectivity index is 1.48. The van der Waals surface area contributed by atoms with Crippen LogP contribution in [0.1, 0.15) is 92.4 Å². The van der Waals surface area contributed by atoms with E-state index in [0.717, 1.165) is 52.8 Å². The van der Waals surface area contributed by atoms with E-state index >= 15 is 0 Å². The highest BCUT2D eigenvalue weighted by atomic mass is 79.9. The zero-order chi connectivity index (χ0) is 34.1. The van der Waals surface area contributed by atoms with Gasteiger partial charge in [0.25, 0.3) is 5.91 Å². The van der Waals surface area contributed by atoms with E-state index in [-0.39, 0.29) is 18.5 Å². The lowest BCUT2D eigenvalue weighted by Crippen LogP contribution is -2.31. The number of carbonyl (C=O) groups excluding carboxylic acids is 2. The van der Waals surface area contributed by atoms with Crippen LogP contribution in [-0.2, 0) is 28.9 Å². The van der Waals surface area contributed by atoms with Crippen LogP contribution in [0.15, 0.2) is 89.4 Å². The number of nitrogens with one attached hydrogen (secondary N) is 1. The number of amides is 1. The first-order valence-electron chi connectivity index (χ1n) is 17.6. The number of esters is 1. The van der Waals surface area contributed by atoms with Crippen LogP contribution in [-0.4, -0.2) is 35.7 Å². The molecule has 0 aliphatic rings. The SMILES string of the molecule is CCCCCCCCCCNC(=O)c1cc(-c2ccc(O[C@H](Cc3ccccc3)C(=O)OCC)cc2)n(CCc2ccc(Br)cc2)c1C. The molecule has 0 saturated heterocycles. The summed E-state index contributed by atoms with van der Waals surface area (Å²) in [4.78, 5) is 26.2. The zero-order valence-electron chi connectivity index (χ0n) is 28.8. The lowest BCUT2D eigenvalue weighted by Gasteiger charge is -2.18. The second-order valence-corrected chi connectivity index (χ2v) is 13.3. The number of hydrogen-bond donors (Lipinski definition) is 1. The van der Waals surface area contributed by atoms with Gasteiger partial charge >= 0.3 is 5.97 Å². The van der Waals surface area contributed by atoms with Crippen molar-refractivity contribution in [2.24, 2.45) is 0 Å². The lowest BCUT2D eigenvalue weighted by atomic mass is 10.1. The molecule has 256 valence electrons. The van der Waals surface area contributed by atoms with Crippen molar-refractivity contribution in [2.75, 3.05) is 13.2 Å². The molecule has 4 aromatic rings. The number of hydrogen-bond acceptors (Lipinski definition) is 4. The van der Waals surface area contributed by atoms with Crippen LogP contribution >= 0.6 is 15.9 Å². The quantitative estimate of drug-likeness (QED) is 0.0731. The fourth-order valence-electron chi connectivity index (χ4n) is 5.96. The number of benzene rings is 3. The Hall–Kier alpha value is -3.84. The fraction of sp³-hybridized carbons (Fsp3) is 0.415. The summed E-state index contributed by atoms with van der Waals surface area (Å²) < 4.78 is 14.8. The Bertz CT molecular complexity index is 1550. The molecule has 1 aromatic heterocycles. The Labute approximate surface area is 295 Å². The van der Waals surface area contributed by atoms with E-state index in [4.69, 9.17) is 9.47 Å². The molecule has 0 bridgehead atoms. The number of unbranched alkanes of at least 4 members (excludes halogenated alkanes) is 7. The smallest absolute Gasteiger partial charge is 0.347 e. The van der Waals surface area contributed by atoms with Crippen molar-refractivity contribution in [2.45, 2.75) is 97.6 Å². The predicted molar refractivity (Wildman–Crippen MR) is 199 cm³/mol. The second-order valence-electron chi connectivity index (χ2n) is 12.4. The summed E-state index contributed by atoms with van der Waals surface area (Å²) >= 11 is 3.53. The average molecular weight is 716 g/mol. The third-order valence-corrected chi connectivity index (χ3v) is 9.23. The third-order valence-electron chi connectivity index (χ3n) is 8.71. The molecule has 0 aliphatic heterocycles. The van der Waals surface area contributed by atoms with Crippen molar-refractivity contribution < 1.29 is 19.1 Å².